The van der Waals surface area contributed by atoms with Gasteiger partial charge in [0.25, 0.3) is 0 Å². The van der Waals surface area contributed by atoms with Crippen LogP contribution in [0.4, 0.5) is 5.69 Å². The molecule has 0 spiro atoms. The molecule has 1 aromatic rings. The van der Waals surface area contributed by atoms with Crippen LogP contribution in [0.15, 0.2) is 24.3 Å². The van der Waals surface area contributed by atoms with E-state index in [1.165, 1.54) is 6.92 Å². The average molecular weight is 367 g/mol. The van der Waals surface area contributed by atoms with Crippen molar-refractivity contribution < 1.29 is 19.2 Å². The van der Waals surface area contributed by atoms with Crippen LogP contribution in [-0.4, -0.2) is 29.4 Å². The standard InChI is InChI=1S/C18H23ClN2O4/c1-11(2)18(25)15(21-16(23)8-7-12(3)22)10-17(24)20-14-6-4-5-13(19)9-14/h4-6,9,11,15H,7-8,10H2,1-3H3,(H,20,24)(H,21,23). The number of carbonyl (C=O) groups is 4. The number of benzene rings is 1. The summed E-state index contributed by atoms with van der Waals surface area (Å²) in [5.74, 6) is -1.52. The maximum Gasteiger partial charge on any atom is 0.226 e. The van der Waals surface area contributed by atoms with Crippen molar-refractivity contribution in [2.75, 3.05) is 5.32 Å². The Balaban J connectivity index is 2.72. The van der Waals surface area contributed by atoms with Crippen molar-refractivity contribution in [3.05, 3.63) is 29.3 Å². The second-order valence-corrected chi connectivity index (χ2v) is 6.58. The SMILES string of the molecule is CC(=O)CCC(=O)NC(CC(=O)Nc1cccc(Cl)c1)C(=O)C(C)C. The topological polar surface area (TPSA) is 92.3 Å². The van der Waals surface area contributed by atoms with Crippen LogP contribution in [0.1, 0.15) is 40.0 Å². The number of nitrogens with one attached hydrogen (secondary N) is 2. The Kier molecular flexibility index (Phi) is 8.28. The zero-order valence-corrected chi connectivity index (χ0v) is 15.4. The molecule has 136 valence electrons. The van der Waals surface area contributed by atoms with E-state index in [1.807, 2.05) is 0 Å². The van der Waals surface area contributed by atoms with Crippen LogP contribution in [0.5, 0.6) is 0 Å². The Morgan fingerprint density at radius 1 is 1.08 bits per heavy atom. The number of ketones is 2. The second-order valence-electron chi connectivity index (χ2n) is 6.14. The van der Waals surface area contributed by atoms with E-state index in [4.69, 9.17) is 11.6 Å². The zero-order valence-electron chi connectivity index (χ0n) is 14.6. The Hall–Kier alpha value is -2.21. The molecular formula is C18H23ClN2O4. The number of hydrogen-bond acceptors (Lipinski definition) is 4. The summed E-state index contributed by atoms with van der Waals surface area (Å²) in [6, 6.07) is 5.70. The molecule has 0 saturated carbocycles. The number of hydrogen-bond donors (Lipinski definition) is 2. The molecule has 1 atom stereocenters. The fraction of sp³-hybridized carbons (Fsp3) is 0.444. The van der Waals surface area contributed by atoms with E-state index in [-0.39, 0.29) is 36.7 Å². The molecule has 0 fully saturated rings. The van der Waals surface area contributed by atoms with Gasteiger partial charge in [-0.2, -0.15) is 0 Å². The molecular weight excluding hydrogens is 344 g/mol. The van der Waals surface area contributed by atoms with Crippen LogP contribution in [0.2, 0.25) is 5.02 Å². The van der Waals surface area contributed by atoms with Gasteiger partial charge in [0.2, 0.25) is 11.8 Å². The van der Waals surface area contributed by atoms with Gasteiger partial charge in [-0.15, -0.1) is 0 Å². The van der Waals surface area contributed by atoms with Crippen molar-refractivity contribution >= 4 is 40.7 Å². The highest BCUT2D eigenvalue weighted by Crippen LogP contribution is 2.15. The second kappa shape index (κ2) is 9.93. The van der Waals surface area contributed by atoms with Gasteiger partial charge >= 0.3 is 0 Å². The van der Waals surface area contributed by atoms with E-state index in [0.29, 0.717) is 10.7 Å². The van der Waals surface area contributed by atoms with E-state index < -0.39 is 17.9 Å². The van der Waals surface area contributed by atoms with Crippen molar-refractivity contribution in [1.29, 1.82) is 0 Å². The molecule has 2 amide bonds. The lowest BCUT2D eigenvalue weighted by Crippen LogP contribution is -2.44. The molecule has 25 heavy (non-hydrogen) atoms. The number of amides is 2. The average Bonchev–Trinajstić information content (AvgIpc) is 2.51. The van der Waals surface area contributed by atoms with Crippen LogP contribution in [0.3, 0.4) is 0 Å². The molecule has 1 aromatic carbocycles. The van der Waals surface area contributed by atoms with Crippen molar-refractivity contribution in [3.63, 3.8) is 0 Å². The lowest BCUT2D eigenvalue weighted by Gasteiger charge is -2.19. The molecule has 0 heterocycles. The summed E-state index contributed by atoms with van der Waals surface area (Å²) in [4.78, 5) is 47.3. The van der Waals surface area contributed by atoms with E-state index in [2.05, 4.69) is 10.6 Å². The highest BCUT2D eigenvalue weighted by atomic mass is 35.5. The third-order valence-corrected chi connectivity index (χ3v) is 3.68. The maximum absolute atomic E-state index is 12.3. The summed E-state index contributed by atoms with van der Waals surface area (Å²) < 4.78 is 0. The predicted molar refractivity (Wildman–Crippen MR) is 96.4 cm³/mol. The minimum Gasteiger partial charge on any atom is -0.346 e. The number of Topliss-reactive ketones (excluding diaryl/α,β-unsaturated/α-hetero) is 2. The molecule has 6 nitrogen and oxygen atoms in total. The molecule has 7 heteroatoms. The van der Waals surface area contributed by atoms with Gasteiger partial charge in [-0.3, -0.25) is 14.4 Å². The predicted octanol–water partition coefficient (Wildman–Crippen LogP) is 2.75. The summed E-state index contributed by atoms with van der Waals surface area (Å²) in [6.45, 7) is 4.79. The fourth-order valence-corrected chi connectivity index (χ4v) is 2.34. The van der Waals surface area contributed by atoms with Crippen molar-refractivity contribution in [2.24, 2.45) is 5.92 Å². The highest BCUT2D eigenvalue weighted by molar-refractivity contribution is 6.30. The monoisotopic (exact) mass is 366 g/mol. The van der Waals surface area contributed by atoms with E-state index in [9.17, 15) is 19.2 Å². The van der Waals surface area contributed by atoms with Gasteiger partial charge in [-0.25, -0.2) is 0 Å². The minimum atomic E-state index is -0.932. The Morgan fingerprint density at radius 2 is 1.76 bits per heavy atom. The quantitative estimate of drug-likeness (QED) is 0.702. The van der Waals surface area contributed by atoms with Gasteiger partial charge in [0.1, 0.15) is 5.78 Å². The van der Waals surface area contributed by atoms with Gasteiger partial charge in [-0.1, -0.05) is 31.5 Å². The molecule has 1 unspecified atom stereocenters. The molecule has 1 rings (SSSR count). The summed E-state index contributed by atoms with van der Waals surface area (Å²) in [7, 11) is 0. The van der Waals surface area contributed by atoms with Gasteiger partial charge in [0.15, 0.2) is 5.78 Å². The van der Waals surface area contributed by atoms with Gasteiger partial charge < -0.3 is 15.4 Å². The van der Waals surface area contributed by atoms with Gasteiger partial charge in [0.05, 0.1) is 12.5 Å². The first-order valence-corrected chi connectivity index (χ1v) is 8.44. The lowest BCUT2D eigenvalue weighted by molar-refractivity contribution is -0.131. The van der Waals surface area contributed by atoms with Crippen molar-refractivity contribution in [2.45, 2.75) is 46.1 Å². The minimum absolute atomic E-state index is 0.00682. The van der Waals surface area contributed by atoms with E-state index >= 15 is 0 Å². The molecule has 0 aliphatic carbocycles. The maximum atomic E-state index is 12.3. The molecule has 0 bridgehead atoms. The first-order valence-electron chi connectivity index (χ1n) is 8.07. The van der Waals surface area contributed by atoms with Crippen molar-refractivity contribution in [1.82, 2.24) is 5.32 Å². The van der Waals surface area contributed by atoms with E-state index in [0.717, 1.165) is 0 Å². The number of carbonyl (C=O) groups excluding carboxylic acids is 4. The summed E-state index contributed by atoms with van der Waals surface area (Å²) >= 11 is 5.87. The van der Waals surface area contributed by atoms with Crippen LogP contribution < -0.4 is 10.6 Å². The Morgan fingerprint density at radius 3 is 2.32 bits per heavy atom. The van der Waals surface area contributed by atoms with E-state index in [1.54, 1.807) is 38.1 Å². The van der Waals surface area contributed by atoms with Crippen LogP contribution in [-0.2, 0) is 19.2 Å². The lowest BCUT2D eigenvalue weighted by atomic mass is 9.98. The first-order chi connectivity index (χ1) is 11.7. The smallest absolute Gasteiger partial charge is 0.226 e. The molecule has 0 radical (unpaired) electrons. The number of rotatable bonds is 9. The third-order valence-electron chi connectivity index (χ3n) is 3.45. The van der Waals surface area contributed by atoms with Crippen LogP contribution in [0, 0.1) is 5.92 Å². The molecule has 0 aromatic heterocycles. The summed E-state index contributed by atoms with van der Waals surface area (Å²) in [5.41, 5.74) is 0.510. The highest BCUT2D eigenvalue weighted by Gasteiger charge is 2.25. The third kappa shape index (κ3) is 7.94. The number of halogens is 1. The Labute approximate surface area is 152 Å². The fourth-order valence-electron chi connectivity index (χ4n) is 2.14. The molecule has 0 aliphatic heterocycles. The Bertz CT molecular complexity index is 658. The van der Waals surface area contributed by atoms with Gasteiger partial charge in [-0.05, 0) is 25.1 Å². The molecule has 0 aliphatic rings. The molecule has 2 N–H and O–H groups in total. The number of anilines is 1. The summed E-state index contributed by atoms with van der Waals surface area (Å²) in [6.07, 6.45) is -0.0917. The van der Waals surface area contributed by atoms with Gasteiger partial charge in [0, 0.05) is 29.5 Å². The first kappa shape index (κ1) is 20.8. The molecule has 0 saturated heterocycles. The van der Waals surface area contributed by atoms with Crippen LogP contribution >= 0.6 is 11.6 Å². The summed E-state index contributed by atoms with van der Waals surface area (Å²) in [5, 5.41) is 5.68. The van der Waals surface area contributed by atoms with Crippen molar-refractivity contribution in [3.8, 4) is 0 Å². The normalized spacial score (nSPS) is 11.7. The zero-order chi connectivity index (χ0) is 19.0. The largest absolute Gasteiger partial charge is 0.346 e. The van der Waals surface area contributed by atoms with Crippen LogP contribution in [0.25, 0.3) is 0 Å².